The van der Waals surface area contributed by atoms with Crippen LogP contribution in [-0.4, -0.2) is 21.8 Å². The summed E-state index contributed by atoms with van der Waals surface area (Å²) in [6.45, 7) is 0.361. The molecular weight excluding hydrogens is 366 g/mol. The van der Waals surface area contributed by atoms with Crippen molar-refractivity contribution >= 4 is 28.4 Å². The van der Waals surface area contributed by atoms with Crippen molar-refractivity contribution in [1.29, 1.82) is 0 Å². The first-order chi connectivity index (χ1) is 14.2. The second kappa shape index (κ2) is 8.26. The van der Waals surface area contributed by atoms with Gasteiger partial charge in [0.2, 0.25) is 0 Å². The summed E-state index contributed by atoms with van der Waals surface area (Å²) < 4.78 is 0. The van der Waals surface area contributed by atoms with E-state index < -0.39 is 0 Å². The molecule has 7 heteroatoms. The first-order valence-electron chi connectivity index (χ1n) is 9.11. The molecule has 2 heterocycles. The lowest BCUT2D eigenvalue weighted by Crippen LogP contribution is -2.29. The molecule has 0 atom stereocenters. The Morgan fingerprint density at radius 1 is 0.897 bits per heavy atom. The molecule has 0 aliphatic carbocycles. The van der Waals surface area contributed by atoms with Crippen molar-refractivity contribution in [3.05, 3.63) is 95.9 Å². The quantitative estimate of drug-likeness (QED) is 0.383. The monoisotopic (exact) mass is 385 g/mol. The number of anilines is 1. The molecule has 0 spiro atoms. The highest BCUT2D eigenvalue weighted by atomic mass is 16.2. The average Bonchev–Trinajstić information content (AvgIpc) is 3.21. The van der Waals surface area contributed by atoms with Gasteiger partial charge in [-0.2, -0.15) is 0 Å². The predicted octanol–water partition coefficient (Wildman–Crippen LogP) is 3.25. The highest BCUT2D eigenvalue weighted by Crippen LogP contribution is 2.15. The molecule has 0 fully saturated rings. The van der Waals surface area contributed by atoms with E-state index in [0.29, 0.717) is 23.5 Å². The summed E-state index contributed by atoms with van der Waals surface area (Å²) in [5, 5.41) is 3.79. The van der Waals surface area contributed by atoms with Gasteiger partial charge in [-0.15, -0.1) is 0 Å². The Morgan fingerprint density at radius 2 is 1.69 bits per heavy atom. The highest BCUT2D eigenvalue weighted by molar-refractivity contribution is 5.98. The fourth-order valence-electron chi connectivity index (χ4n) is 2.87. The van der Waals surface area contributed by atoms with E-state index in [0.717, 1.165) is 16.6 Å². The second-order valence-corrected chi connectivity index (χ2v) is 6.43. The molecule has 4 N–H and O–H groups in total. The van der Waals surface area contributed by atoms with E-state index in [9.17, 15) is 9.59 Å². The number of carbonyl (C=O) groups is 2. The number of amides is 2. The van der Waals surface area contributed by atoms with Gasteiger partial charge in [-0.05, 0) is 48.5 Å². The Morgan fingerprint density at radius 3 is 2.45 bits per heavy atom. The van der Waals surface area contributed by atoms with Crippen molar-refractivity contribution in [2.75, 3.05) is 5.43 Å². The Kier molecular flexibility index (Phi) is 5.20. The van der Waals surface area contributed by atoms with Gasteiger partial charge in [-0.1, -0.05) is 24.3 Å². The standard InChI is InChI=1S/C22H19N5O2/c28-21(24-14-18-6-3-4-12-23-18)15-8-10-17(11-9-15)26-27-22(29)20-13-16-5-1-2-7-19(16)25-20/h1-13,25-26H,14H2,(H,24,28)(H,27,29). The Labute approximate surface area is 167 Å². The van der Waals surface area contributed by atoms with E-state index in [2.05, 4.69) is 26.1 Å². The topological polar surface area (TPSA) is 98.9 Å². The minimum Gasteiger partial charge on any atom is -0.350 e. The number of hydrogen-bond donors (Lipinski definition) is 4. The van der Waals surface area contributed by atoms with Gasteiger partial charge in [0.25, 0.3) is 11.8 Å². The molecule has 2 aromatic carbocycles. The second-order valence-electron chi connectivity index (χ2n) is 6.43. The third-order valence-electron chi connectivity index (χ3n) is 4.40. The summed E-state index contributed by atoms with van der Waals surface area (Å²) >= 11 is 0. The molecule has 7 nitrogen and oxygen atoms in total. The van der Waals surface area contributed by atoms with Crippen molar-refractivity contribution < 1.29 is 9.59 Å². The van der Waals surface area contributed by atoms with Crippen LogP contribution in [0, 0.1) is 0 Å². The zero-order valence-corrected chi connectivity index (χ0v) is 15.5. The van der Waals surface area contributed by atoms with Crippen molar-refractivity contribution in [2.24, 2.45) is 0 Å². The smallest absolute Gasteiger partial charge is 0.286 e. The highest BCUT2D eigenvalue weighted by Gasteiger charge is 2.09. The Balaban J connectivity index is 1.32. The number of benzene rings is 2. The lowest BCUT2D eigenvalue weighted by molar-refractivity contribution is 0.0945. The lowest BCUT2D eigenvalue weighted by Gasteiger charge is -2.09. The number of aromatic amines is 1. The molecule has 2 amide bonds. The number of fused-ring (bicyclic) bond motifs is 1. The molecule has 0 radical (unpaired) electrons. The van der Waals surface area contributed by atoms with E-state index in [1.807, 2.05) is 42.5 Å². The number of aromatic nitrogens is 2. The van der Waals surface area contributed by atoms with Gasteiger partial charge in [0, 0.05) is 22.7 Å². The molecule has 2 aromatic heterocycles. The molecule has 4 rings (SSSR count). The lowest BCUT2D eigenvalue weighted by atomic mass is 10.2. The Bertz CT molecular complexity index is 1100. The molecule has 0 aliphatic rings. The average molecular weight is 385 g/mol. The normalized spacial score (nSPS) is 10.5. The van der Waals surface area contributed by atoms with E-state index in [1.54, 1.807) is 36.5 Å². The SMILES string of the molecule is O=C(NCc1ccccn1)c1ccc(NNC(=O)c2cc3ccccc3[nH]2)cc1. The van der Waals surface area contributed by atoms with Crippen molar-refractivity contribution in [1.82, 2.24) is 20.7 Å². The number of pyridine rings is 1. The molecular formula is C22H19N5O2. The van der Waals surface area contributed by atoms with Crippen molar-refractivity contribution in [3.63, 3.8) is 0 Å². The minimum absolute atomic E-state index is 0.190. The first kappa shape index (κ1) is 18.2. The maximum atomic E-state index is 12.3. The first-order valence-corrected chi connectivity index (χ1v) is 9.11. The zero-order valence-electron chi connectivity index (χ0n) is 15.5. The molecule has 29 heavy (non-hydrogen) atoms. The van der Waals surface area contributed by atoms with Gasteiger partial charge in [-0.3, -0.25) is 25.4 Å². The van der Waals surface area contributed by atoms with E-state index in [-0.39, 0.29) is 11.8 Å². The van der Waals surface area contributed by atoms with Crippen molar-refractivity contribution in [2.45, 2.75) is 6.54 Å². The van der Waals surface area contributed by atoms with Crippen LogP contribution in [0.3, 0.4) is 0 Å². The maximum Gasteiger partial charge on any atom is 0.286 e. The maximum absolute atomic E-state index is 12.3. The van der Waals surface area contributed by atoms with Crippen molar-refractivity contribution in [3.8, 4) is 0 Å². The van der Waals surface area contributed by atoms with Gasteiger partial charge >= 0.3 is 0 Å². The van der Waals surface area contributed by atoms with Gasteiger partial charge in [0.05, 0.1) is 17.9 Å². The fraction of sp³-hybridized carbons (Fsp3) is 0.0455. The van der Waals surface area contributed by atoms with E-state index >= 15 is 0 Å². The number of nitrogens with one attached hydrogen (secondary N) is 4. The molecule has 0 saturated carbocycles. The minimum atomic E-state index is -0.279. The van der Waals surface area contributed by atoms with Gasteiger partial charge < -0.3 is 10.3 Å². The zero-order chi connectivity index (χ0) is 20.1. The predicted molar refractivity (Wildman–Crippen MR) is 111 cm³/mol. The van der Waals surface area contributed by atoms with Gasteiger partial charge in [0.1, 0.15) is 5.69 Å². The number of rotatable bonds is 6. The molecule has 0 aliphatic heterocycles. The summed E-state index contributed by atoms with van der Waals surface area (Å²) in [7, 11) is 0. The van der Waals surface area contributed by atoms with E-state index in [4.69, 9.17) is 0 Å². The van der Waals surface area contributed by atoms with Crippen LogP contribution in [0.2, 0.25) is 0 Å². The molecule has 0 saturated heterocycles. The Hall–Kier alpha value is -4.13. The van der Waals surface area contributed by atoms with Gasteiger partial charge in [0.15, 0.2) is 0 Å². The number of hydrogen-bond acceptors (Lipinski definition) is 4. The number of para-hydroxylation sites is 1. The number of nitrogens with zero attached hydrogens (tertiary/aromatic N) is 1. The number of hydrazine groups is 1. The molecule has 4 aromatic rings. The summed E-state index contributed by atoms with van der Waals surface area (Å²) in [4.78, 5) is 31.8. The summed E-state index contributed by atoms with van der Waals surface area (Å²) in [6, 6.07) is 21.8. The van der Waals surface area contributed by atoms with Crippen LogP contribution in [0.15, 0.2) is 79.0 Å². The third kappa shape index (κ3) is 4.41. The summed E-state index contributed by atoms with van der Waals surface area (Å²) in [5.74, 6) is -0.470. The summed E-state index contributed by atoms with van der Waals surface area (Å²) in [6.07, 6.45) is 1.69. The van der Waals surface area contributed by atoms with E-state index in [1.165, 1.54) is 0 Å². The number of H-pyrrole nitrogens is 1. The number of carbonyl (C=O) groups excluding carboxylic acids is 2. The van der Waals surface area contributed by atoms with Crippen LogP contribution in [0.5, 0.6) is 0 Å². The largest absolute Gasteiger partial charge is 0.350 e. The van der Waals surface area contributed by atoms with Crippen LogP contribution in [-0.2, 0) is 6.54 Å². The fourth-order valence-corrected chi connectivity index (χ4v) is 2.87. The van der Waals surface area contributed by atoms with Crippen LogP contribution in [0.4, 0.5) is 5.69 Å². The van der Waals surface area contributed by atoms with Crippen LogP contribution in [0.25, 0.3) is 10.9 Å². The molecule has 144 valence electrons. The summed E-state index contributed by atoms with van der Waals surface area (Å²) in [5.41, 5.74) is 8.83. The van der Waals surface area contributed by atoms with Gasteiger partial charge in [-0.25, -0.2) is 0 Å². The van der Waals surface area contributed by atoms with Crippen LogP contribution in [0.1, 0.15) is 26.5 Å². The van der Waals surface area contributed by atoms with Crippen LogP contribution >= 0.6 is 0 Å². The van der Waals surface area contributed by atoms with Crippen LogP contribution < -0.4 is 16.2 Å². The molecule has 0 unspecified atom stereocenters. The molecule has 0 bridgehead atoms. The third-order valence-corrected chi connectivity index (χ3v) is 4.40.